The number of thiophene rings is 1. The highest BCUT2D eigenvalue weighted by Crippen LogP contribution is 2.14. The Bertz CT molecular complexity index is 718. The van der Waals surface area contributed by atoms with Crippen LogP contribution in [-0.2, 0) is 9.59 Å². The van der Waals surface area contributed by atoms with Gasteiger partial charge in [0.2, 0.25) is 5.91 Å². The van der Waals surface area contributed by atoms with Gasteiger partial charge in [0, 0.05) is 22.5 Å². The fourth-order valence-corrected chi connectivity index (χ4v) is 2.42. The summed E-state index contributed by atoms with van der Waals surface area (Å²) >= 11 is 1.55. The second-order valence-electron chi connectivity index (χ2n) is 4.73. The van der Waals surface area contributed by atoms with Crippen molar-refractivity contribution in [3.63, 3.8) is 0 Å². The Kier molecular flexibility index (Phi) is 5.82. The van der Waals surface area contributed by atoms with Crippen molar-refractivity contribution in [2.75, 3.05) is 5.32 Å². The first-order chi connectivity index (χ1) is 11.0. The van der Waals surface area contributed by atoms with E-state index in [9.17, 15) is 14.4 Å². The van der Waals surface area contributed by atoms with Crippen LogP contribution in [0, 0.1) is 0 Å². The average molecular weight is 329 g/mol. The van der Waals surface area contributed by atoms with E-state index in [0.29, 0.717) is 11.3 Å². The number of ketones is 1. The van der Waals surface area contributed by atoms with Crippen molar-refractivity contribution in [2.45, 2.75) is 12.8 Å². The molecular formula is C17H15NO4S. The first-order valence-corrected chi connectivity index (χ1v) is 7.80. The van der Waals surface area contributed by atoms with Crippen molar-refractivity contribution in [3.8, 4) is 0 Å². The zero-order valence-electron chi connectivity index (χ0n) is 12.2. The molecule has 0 aliphatic heterocycles. The standard InChI is InChI=1S/C17H15NO4S/c19-15(8-7-14-2-1-11-23-14)12-3-5-13(6-4-12)18-16(20)9-10-17(21)22/h1-8,11H,9-10H2,(H,18,20)(H,21,22)/b8-7+. The number of anilines is 1. The number of amides is 1. The van der Waals surface area contributed by atoms with Gasteiger partial charge in [-0.1, -0.05) is 6.07 Å². The number of carboxylic acids is 1. The third-order valence-electron chi connectivity index (χ3n) is 2.96. The summed E-state index contributed by atoms with van der Waals surface area (Å²) in [5.41, 5.74) is 1.04. The SMILES string of the molecule is O=C(O)CCC(=O)Nc1ccc(C(=O)/C=C/c2cccs2)cc1. The van der Waals surface area contributed by atoms with Gasteiger partial charge < -0.3 is 10.4 Å². The van der Waals surface area contributed by atoms with E-state index in [4.69, 9.17) is 5.11 Å². The lowest BCUT2D eigenvalue weighted by Crippen LogP contribution is -2.13. The third-order valence-corrected chi connectivity index (χ3v) is 3.80. The number of carbonyl (C=O) groups excluding carboxylic acids is 2. The third kappa shape index (κ3) is 5.52. The van der Waals surface area contributed by atoms with E-state index in [1.807, 2.05) is 17.5 Å². The molecule has 5 nitrogen and oxygen atoms in total. The van der Waals surface area contributed by atoms with E-state index in [1.54, 1.807) is 41.7 Å². The monoisotopic (exact) mass is 329 g/mol. The van der Waals surface area contributed by atoms with Crippen molar-refractivity contribution in [2.24, 2.45) is 0 Å². The summed E-state index contributed by atoms with van der Waals surface area (Å²) in [6.45, 7) is 0. The molecule has 23 heavy (non-hydrogen) atoms. The van der Waals surface area contributed by atoms with Gasteiger partial charge in [0.05, 0.1) is 6.42 Å². The van der Waals surface area contributed by atoms with Crippen LogP contribution in [0.3, 0.4) is 0 Å². The Morgan fingerprint density at radius 3 is 2.43 bits per heavy atom. The number of rotatable bonds is 7. The second-order valence-corrected chi connectivity index (χ2v) is 5.71. The lowest BCUT2D eigenvalue weighted by Gasteiger charge is -2.04. The predicted octanol–water partition coefficient (Wildman–Crippen LogP) is 3.45. The van der Waals surface area contributed by atoms with E-state index >= 15 is 0 Å². The van der Waals surface area contributed by atoms with Crippen molar-refractivity contribution in [1.82, 2.24) is 0 Å². The normalized spacial score (nSPS) is 10.6. The molecule has 2 aromatic rings. The smallest absolute Gasteiger partial charge is 0.303 e. The van der Waals surface area contributed by atoms with Gasteiger partial charge in [0.1, 0.15) is 0 Å². The molecule has 0 spiro atoms. The molecule has 0 atom stereocenters. The van der Waals surface area contributed by atoms with Gasteiger partial charge in [-0.05, 0) is 47.9 Å². The van der Waals surface area contributed by atoms with Gasteiger partial charge in [0.15, 0.2) is 5.78 Å². The number of nitrogens with one attached hydrogen (secondary N) is 1. The minimum atomic E-state index is -1.02. The summed E-state index contributed by atoms with van der Waals surface area (Å²) in [5.74, 6) is -1.51. The lowest BCUT2D eigenvalue weighted by atomic mass is 10.1. The molecule has 0 aliphatic rings. The van der Waals surface area contributed by atoms with Crippen LogP contribution in [-0.4, -0.2) is 22.8 Å². The highest BCUT2D eigenvalue weighted by Gasteiger charge is 2.07. The molecule has 0 fully saturated rings. The number of hydrogen-bond acceptors (Lipinski definition) is 4. The number of allylic oxidation sites excluding steroid dienone is 1. The van der Waals surface area contributed by atoms with E-state index in [2.05, 4.69) is 5.32 Å². The first-order valence-electron chi connectivity index (χ1n) is 6.92. The maximum Gasteiger partial charge on any atom is 0.303 e. The molecule has 0 unspecified atom stereocenters. The van der Waals surface area contributed by atoms with Crippen LogP contribution < -0.4 is 5.32 Å². The Balaban J connectivity index is 1.92. The molecule has 1 aromatic heterocycles. The second kappa shape index (κ2) is 8.05. The summed E-state index contributed by atoms with van der Waals surface area (Å²) in [5, 5.41) is 13.0. The van der Waals surface area contributed by atoms with E-state index < -0.39 is 5.97 Å². The molecule has 2 N–H and O–H groups in total. The molecule has 0 bridgehead atoms. The Morgan fingerprint density at radius 2 is 1.83 bits per heavy atom. The molecule has 1 heterocycles. The van der Waals surface area contributed by atoms with Gasteiger partial charge in [-0.3, -0.25) is 14.4 Å². The zero-order valence-corrected chi connectivity index (χ0v) is 13.0. The molecule has 6 heteroatoms. The average Bonchev–Trinajstić information content (AvgIpc) is 3.05. The fourth-order valence-electron chi connectivity index (χ4n) is 1.80. The minimum Gasteiger partial charge on any atom is -0.481 e. The summed E-state index contributed by atoms with van der Waals surface area (Å²) < 4.78 is 0. The number of hydrogen-bond donors (Lipinski definition) is 2. The summed E-state index contributed by atoms with van der Waals surface area (Å²) in [4.78, 5) is 34.9. The van der Waals surface area contributed by atoms with Gasteiger partial charge in [-0.25, -0.2) is 0 Å². The predicted molar refractivity (Wildman–Crippen MR) is 89.6 cm³/mol. The molecule has 0 radical (unpaired) electrons. The van der Waals surface area contributed by atoms with Crippen LogP contribution in [0.5, 0.6) is 0 Å². The Hall–Kier alpha value is -2.73. The van der Waals surface area contributed by atoms with Crippen LogP contribution in [0.25, 0.3) is 6.08 Å². The fraction of sp³-hybridized carbons (Fsp3) is 0.118. The van der Waals surface area contributed by atoms with Crippen LogP contribution >= 0.6 is 11.3 Å². The topological polar surface area (TPSA) is 83.5 Å². The minimum absolute atomic E-state index is 0.0838. The maximum absolute atomic E-state index is 12.0. The number of aliphatic carboxylic acids is 1. The number of carbonyl (C=O) groups is 3. The van der Waals surface area contributed by atoms with Crippen LogP contribution in [0.1, 0.15) is 28.1 Å². The molecule has 0 saturated heterocycles. The van der Waals surface area contributed by atoms with Crippen LogP contribution in [0.4, 0.5) is 5.69 Å². The van der Waals surface area contributed by atoms with Gasteiger partial charge in [-0.2, -0.15) is 0 Å². The van der Waals surface area contributed by atoms with Gasteiger partial charge in [-0.15, -0.1) is 11.3 Å². The van der Waals surface area contributed by atoms with E-state index in [0.717, 1.165) is 4.88 Å². The largest absolute Gasteiger partial charge is 0.481 e. The first kappa shape index (κ1) is 16.6. The van der Waals surface area contributed by atoms with Crippen molar-refractivity contribution < 1.29 is 19.5 Å². The molecule has 118 valence electrons. The van der Waals surface area contributed by atoms with E-state index in [1.165, 1.54) is 6.08 Å². The Labute approximate surface area is 137 Å². The molecule has 1 amide bonds. The number of benzene rings is 1. The van der Waals surface area contributed by atoms with Gasteiger partial charge in [0.25, 0.3) is 0 Å². The number of carboxylic acid groups (broad SMARTS) is 1. The molecule has 2 rings (SSSR count). The molecule has 0 aliphatic carbocycles. The van der Waals surface area contributed by atoms with Crippen LogP contribution in [0.15, 0.2) is 47.9 Å². The summed E-state index contributed by atoms with van der Waals surface area (Å²) in [7, 11) is 0. The van der Waals surface area contributed by atoms with E-state index in [-0.39, 0.29) is 24.5 Å². The highest BCUT2D eigenvalue weighted by molar-refractivity contribution is 7.10. The highest BCUT2D eigenvalue weighted by atomic mass is 32.1. The van der Waals surface area contributed by atoms with Crippen molar-refractivity contribution in [1.29, 1.82) is 0 Å². The quantitative estimate of drug-likeness (QED) is 0.602. The maximum atomic E-state index is 12.0. The van der Waals surface area contributed by atoms with Crippen molar-refractivity contribution in [3.05, 3.63) is 58.3 Å². The van der Waals surface area contributed by atoms with Crippen LogP contribution in [0.2, 0.25) is 0 Å². The molecular weight excluding hydrogens is 314 g/mol. The summed E-state index contributed by atoms with van der Waals surface area (Å²) in [6, 6.07) is 10.3. The zero-order chi connectivity index (χ0) is 16.7. The Morgan fingerprint density at radius 1 is 1.09 bits per heavy atom. The molecule has 0 saturated carbocycles. The lowest BCUT2D eigenvalue weighted by molar-refractivity contribution is -0.138. The van der Waals surface area contributed by atoms with Gasteiger partial charge >= 0.3 is 5.97 Å². The summed E-state index contributed by atoms with van der Waals surface area (Å²) in [6.07, 6.45) is 2.97. The molecule has 1 aromatic carbocycles. The van der Waals surface area contributed by atoms with Crippen molar-refractivity contribution >= 4 is 40.8 Å².